The van der Waals surface area contributed by atoms with Gasteiger partial charge in [0.15, 0.2) is 0 Å². The minimum Gasteiger partial charge on any atom is -0.338 e. The lowest BCUT2D eigenvalue weighted by Crippen LogP contribution is -2.53. The summed E-state index contributed by atoms with van der Waals surface area (Å²) in [6.45, 7) is 2.06. The molecule has 2 aromatic rings. The SMILES string of the molecule is CC1(c2ccc3c(c2)CCC3)NC(=O)N(CC(=O)N2CCN(S(=O)(=O)Cc3ccccc3)CC2)C1=O. The van der Waals surface area contributed by atoms with Crippen LogP contribution in [0.1, 0.15) is 35.6 Å². The van der Waals surface area contributed by atoms with Crippen LogP contribution < -0.4 is 5.32 Å². The first-order chi connectivity index (χ1) is 17.2. The van der Waals surface area contributed by atoms with Gasteiger partial charge in [-0.15, -0.1) is 0 Å². The number of rotatable bonds is 6. The molecule has 5 rings (SSSR count). The number of nitrogens with one attached hydrogen (secondary N) is 1. The summed E-state index contributed by atoms with van der Waals surface area (Å²) in [7, 11) is -3.51. The largest absolute Gasteiger partial charge is 0.338 e. The molecule has 0 saturated carbocycles. The minimum atomic E-state index is -3.51. The van der Waals surface area contributed by atoms with Crippen molar-refractivity contribution in [2.24, 2.45) is 0 Å². The average Bonchev–Trinajstić information content (AvgIpc) is 3.42. The molecule has 2 aromatic carbocycles. The van der Waals surface area contributed by atoms with Crippen molar-refractivity contribution < 1.29 is 22.8 Å². The number of piperazine rings is 1. The Labute approximate surface area is 211 Å². The number of carbonyl (C=O) groups is 3. The molecule has 190 valence electrons. The molecule has 0 spiro atoms. The van der Waals surface area contributed by atoms with Gasteiger partial charge in [-0.2, -0.15) is 4.31 Å². The summed E-state index contributed by atoms with van der Waals surface area (Å²) in [5, 5.41) is 2.78. The first-order valence-corrected chi connectivity index (χ1v) is 13.8. The molecule has 3 aliphatic rings. The number of hydrogen-bond acceptors (Lipinski definition) is 5. The van der Waals surface area contributed by atoms with Crippen LogP contribution in [0.25, 0.3) is 0 Å². The zero-order valence-electron chi connectivity index (χ0n) is 20.3. The zero-order chi connectivity index (χ0) is 25.5. The van der Waals surface area contributed by atoms with E-state index < -0.39 is 27.5 Å². The monoisotopic (exact) mass is 510 g/mol. The third-order valence-corrected chi connectivity index (χ3v) is 9.27. The summed E-state index contributed by atoms with van der Waals surface area (Å²) >= 11 is 0. The fraction of sp³-hybridized carbons (Fsp3) is 0.423. The molecule has 0 bridgehead atoms. The van der Waals surface area contributed by atoms with Gasteiger partial charge in [-0.1, -0.05) is 48.5 Å². The molecule has 1 N–H and O–H groups in total. The number of benzene rings is 2. The van der Waals surface area contributed by atoms with E-state index in [2.05, 4.69) is 5.32 Å². The molecule has 0 aromatic heterocycles. The Bertz CT molecular complexity index is 1300. The van der Waals surface area contributed by atoms with E-state index in [0.717, 1.165) is 24.2 Å². The first-order valence-electron chi connectivity index (χ1n) is 12.2. The van der Waals surface area contributed by atoms with Gasteiger partial charge < -0.3 is 10.2 Å². The fourth-order valence-electron chi connectivity index (χ4n) is 5.25. The summed E-state index contributed by atoms with van der Waals surface area (Å²) in [4.78, 5) is 41.5. The van der Waals surface area contributed by atoms with E-state index in [-0.39, 0.29) is 44.4 Å². The summed E-state index contributed by atoms with van der Waals surface area (Å²) in [6, 6.07) is 14.3. The molecular formula is C26H30N4O5S. The van der Waals surface area contributed by atoms with Crippen LogP contribution in [0.15, 0.2) is 48.5 Å². The number of sulfonamides is 1. The molecule has 2 heterocycles. The second-order valence-corrected chi connectivity index (χ2v) is 11.8. The van der Waals surface area contributed by atoms with Crippen molar-refractivity contribution in [1.82, 2.24) is 19.4 Å². The smallest absolute Gasteiger partial charge is 0.325 e. The van der Waals surface area contributed by atoms with Crippen molar-refractivity contribution in [2.45, 2.75) is 37.5 Å². The molecule has 10 heteroatoms. The lowest BCUT2D eigenvalue weighted by Gasteiger charge is -2.34. The Kier molecular flexibility index (Phi) is 6.34. The van der Waals surface area contributed by atoms with Gasteiger partial charge in [0.25, 0.3) is 5.91 Å². The van der Waals surface area contributed by atoms with E-state index in [1.165, 1.54) is 20.3 Å². The average molecular weight is 511 g/mol. The predicted molar refractivity (Wildman–Crippen MR) is 133 cm³/mol. The van der Waals surface area contributed by atoms with Crippen molar-refractivity contribution >= 4 is 27.9 Å². The maximum absolute atomic E-state index is 13.3. The molecule has 9 nitrogen and oxygen atoms in total. The van der Waals surface area contributed by atoms with E-state index >= 15 is 0 Å². The molecule has 0 radical (unpaired) electrons. The lowest BCUT2D eigenvalue weighted by atomic mass is 9.89. The molecule has 2 aliphatic heterocycles. The topological polar surface area (TPSA) is 107 Å². The van der Waals surface area contributed by atoms with E-state index in [0.29, 0.717) is 11.1 Å². The molecule has 1 aliphatic carbocycles. The Hall–Kier alpha value is -3.24. The number of hydrogen-bond donors (Lipinski definition) is 1. The minimum absolute atomic E-state index is 0.0918. The van der Waals surface area contributed by atoms with Crippen molar-refractivity contribution in [1.29, 1.82) is 0 Å². The number of fused-ring (bicyclic) bond motifs is 1. The highest BCUT2D eigenvalue weighted by molar-refractivity contribution is 7.88. The van der Waals surface area contributed by atoms with Gasteiger partial charge in [0.05, 0.1) is 5.75 Å². The number of urea groups is 1. The fourth-order valence-corrected chi connectivity index (χ4v) is 6.76. The van der Waals surface area contributed by atoms with Crippen LogP contribution in [0.2, 0.25) is 0 Å². The lowest BCUT2D eigenvalue weighted by molar-refractivity contribution is -0.139. The van der Waals surface area contributed by atoms with Crippen molar-refractivity contribution in [2.75, 3.05) is 32.7 Å². The van der Waals surface area contributed by atoms with Gasteiger partial charge in [0, 0.05) is 26.2 Å². The number of amides is 4. The van der Waals surface area contributed by atoms with Crippen molar-refractivity contribution in [3.8, 4) is 0 Å². The Morgan fingerprint density at radius 3 is 2.39 bits per heavy atom. The molecule has 4 amide bonds. The van der Waals surface area contributed by atoms with Gasteiger partial charge in [-0.05, 0) is 48.4 Å². The Morgan fingerprint density at radius 1 is 0.972 bits per heavy atom. The van der Waals surface area contributed by atoms with Crippen LogP contribution in [0.3, 0.4) is 0 Å². The molecule has 2 fully saturated rings. The Morgan fingerprint density at radius 2 is 1.67 bits per heavy atom. The highest BCUT2D eigenvalue weighted by atomic mass is 32.2. The first kappa shape index (κ1) is 24.5. The number of nitrogens with zero attached hydrogens (tertiary/aromatic N) is 3. The zero-order valence-corrected chi connectivity index (χ0v) is 21.1. The molecule has 36 heavy (non-hydrogen) atoms. The predicted octanol–water partition coefficient (Wildman–Crippen LogP) is 1.62. The third-order valence-electron chi connectivity index (χ3n) is 7.42. The maximum Gasteiger partial charge on any atom is 0.325 e. The molecular weight excluding hydrogens is 480 g/mol. The van der Waals surface area contributed by atoms with Gasteiger partial charge in [0.1, 0.15) is 12.1 Å². The van der Waals surface area contributed by atoms with E-state index in [9.17, 15) is 22.8 Å². The summed E-state index contributed by atoms with van der Waals surface area (Å²) in [5.74, 6) is -0.925. The van der Waals surface area contributed by atoms with Gasteiger partial charge in [0.2, 0.25) is 15.9 Å². The molecule has 1 unspecified atom stereocenters. The van der Waals surface area contributed by atoms with E-state index in [4.69, 9.17) is 0 Å². The number of imide groups is 1. The van der Waals surface area contributed by atoms with Crippen molar-refractivity contribution in [3.05, 3.63) is 70.8 Å². The van der Waals surface area contributed by atoms with Crippen molar-refractivity contribution in [3.63, 3.8) is 0 Å². The van der Waals surface area contributed by atoms with E-state index in [1.807, 2.05) is 24.3 Å². The summed E-state index contributed by atoms with van der Waals surface area (Å²) < 4.78 is 27.0. The Balaban J connectivity index is 1.20. The summed E-state index contributed by atoms with van der Waals surface area (Å²) in [5.41, 5.74) is 2.68. The second kappa shape index (κ2) is 9.33. The van der Waals surface area contributed by atoms with Crippen LogP contribution in [0.4, 0.5) is 4.79 Å². The van der Waals surface area contributed by atoms with Crippen LogP contribution in [0, 0.1) is 0 Å². The molecule has 1 atom stereocenters. The van der Waals surface area contributed by atoms with Crippen LogP contribution in [-0.2, 0) is 43.7 Å². The summed E-state index contributed by atoms with van der Waals surface area (Å²) in [6.07, 6.45) is 3.06. The van der Waals surface area contributed by atoms with Gasteiger partial charge in [-0.3, -0.25) is 14.5 Å². The number of aryl methyl sites for hydroxylation is 2. The normalized spacial score (nSPS) is 22.6. The van der Waals surface area contributed by atoms with E-state index in [1.54, 1.807) is 31.2 Å². The highest BCUT2D eigenvalue weighted by Crippen LogP contribution is 2.32. The second-order valence-electron chi connectivity index (χ2n) is 9.81. The van der Waals surface area contributed by atoms with Crippen LogP contribution in [0.5, 0.6) is 0 Å². The number of carbonyl (C=O) groups excluding carboxylic acids is 3. The van der Waals surface area contributed by atoms with Crippen LogP contribution >= 0.6 is 0 Å². The standard InChI is InChI=1S/C26H30N4O5S/c1-26(22-11-10-20-8-5-9-21(20)16-22)24(32)30(25(33)27-26)17-23(31)28-12-14-29(15-13-28)36(34,35)18-19-6-3-2-4-7-19/h2-4,6-7,10-11,16H,5,8-9,12-15,17-18H2,1H3,(H,27,33). The van der Waals surface area contributed by atoms with Gasteiger partial charge in [-0.25, -0.2) is 13.2 Å². The van der Waals surface area contributed by atoms with Crippen LogP contribution in [-0.4, -0.2) is 73.1 Å². The third kappa shape index (κ3) is 4.51. The quantitative estimate of drug-likeness (QED) is 0.595. The highest BCUT2D eigenvalue weighted by Gasteiger charge is 2.50. The maximum atomic E-state index is 13.3. The van der Waals surface area contributed by atoms with Gasteiger partial charge >= 0.3 is 6.03 Å². The molecule has 2 saturated heterocycles.